The highest BCUT2D eigenvalue weighted by Crippen LogP contribution is 2.34. The van der Waals surface area contributed by atoms with Crippen molar-refractivity contribution in [3.05, 3.63) is 90.8 Å². The maximum absolute atomic E-state index is 10.5. The quantitative estimate of drug-likeness (QED) is 0.305. The number of hydrogen-bond acceptors (Lipinski definition) is 8. The Balaban J connectivity index is 1.42. The minimum Gasteiger partial charge on any atom is -0.389 e. The number of aryl methyl sites for hydroxylation is 1. The summed E-state index contributed by atoms with van der Waals surface area (Å²) in [4.78, 5) is 14.2. The zero-order valence-corrected chi connectivity index (χ0v) is 20.2. The summed E-state index contributed by atoms with van der Waals surface area (Å²) in [7, 11) is 0. The number of aromatic amines is 1. The molecule has 10 heteroatoms. The number of rotatable bonds is 6. The molecular formula is C27H23N9O. The topological polar surface area (TPSA) is 130 Å². The Morgan fingerprint density at radius 1 is 1.00 bits per heavy atom. The van der Waals surface area contributed by atoms with Crippen LogP contribution in [0.4, 0.5) is 11.5 Å². The molecule has 6 aromatic rings. The number of aliphatic hydroxyl groups is 1. The highest BCUT2D eigenvalue weighted by Gasteiger charge is 2.19. The van der Waals surface area contributed by atoms with Gasteiger partial charge in [-0.3, -0.25) is 14.6 Å². The molecule has 0 bridgehead atoms. The fourth-order valence-corrected chi connectivity index (χ4v) is 4.24. The van der Waals surface area contributed by atoms with Crippen molar-refractivity contribution in [2.75, 3.05) is 5.32 Å². The van der Waals surface area contributed by atoms with Gasteiger partial charge in [0.1, 0.15) is 12.1 Å². The van der Waals surface area contributed by atoms with Crippen molar-refractivity contribution in [1.29, 1.82) is 0 Å². The van der Waals surface area contributed by atoms with Gasteiger partial charge in [0.25, 0.3) is 0 Å². The molecule has 0 fully saturated rings. The largest absolute Gasteiger partial charge is 0.389 e. The highest BCUT2D eigenvalue weighted by molar-refractivity contribution is 5.83. The van der Waals surface area contributed by atoms with Gasteiger partial charge in [-0.1, -0.05) is 6.07 Å². The third kappa shape index (κ3) is 4.30. The number of anilines is 2. The fraction of sp³-hybridized carbons (Fsp3) is 0.111. The summed E-state index contributed by atoms with van der Waals surface area (Å²) in [5, 5.41) is 28.9. The van der Waals surface area contributed by atoms with Crippen molar-refractivity contribution in [3.63, 3.8) is 0 Å². The van der Waals surface area contributed by atoms with Gasteiger partial charge >= 0.3 is 0 Å². The van der Waals surface area contributed by atoms with E-state index in [9.17, 15) is 5.11 Å². The zero-order valence-electron chi connectivity index (χ0n) is 20.2. The minimum atomic E-state index is -0.716. The Hall–Kier alpha value is -4.96. The molecule has 1 unspecified atom stereocenters. The lowest BCUT2D eigenvalue weighted by Crippen LogP contribution is -2.04. The van der Waals surface area contributed by atoms with E-state index in [1.54, 1.807) is 31.8 Å². The molecule has 1 aromatic carbocycles. The van der Waals surface area contributed by atoms with E-state index in [2.05, 4.69) is 35.7 Å². The molecule has 0 radical (unpaired) electrons. The molecule has 5 aromatic heterocycles. The first-order chi connectivity index (χ1) is 18.1. The van der Waals surface area contributed by atoms with Crippen LogP contribution in [0.25, 0.3) is 39.4 Å². The number of pyridine rings is 2. The van der Waals surface area contributed by atoms with Crippen LogP contribution < -0.4 is 5.32 Å². The first kappa shape index (κ1) is 22.5. The molecule has 0 saturated carbocycles. The first-order valence-corrected chi connectivity index (χ1v) is 11.8. The number of hydrogen-bond donors (Lipinski definition) is 3. The van der Waals surface area contributed by atoms with E-state index in [1.807, 2.05) is 66.1 Å². The highest BCUT2D eigenvalue weighted by atomic mass is 16.3. The molecule has 0 aliphatic rings. The zero-order chi connectivity index (χ0) is 25.4. The van der Waals surface area contributed by atoms with Crippen molar-refractivity contribution in [1.82, 2.24) is 39.9 Å². The molecule has 0 aliphatic heterocycles. The summed E-state index contributed by atoms with van der Waals surface area (Å²) in [6, 6.07) is 17.3. The molecule has 10 nitrogen and oxygen atoms in total. The molecule has 0 saturated heterocycles. The van der Waals surface area contributed by atoms with Gasteiger partial charge in [0, 0.05) is 34.8 Å². The van der Waals surface area contributed by atoms with Crippen LogP contribution in [0.15, 0.2) is 79.5 Å². The Morgan fingerprint density at radius 2 is 1.92 bits per heavy atom. The van der Waals surface area contributed by atoms with Crippen LogP contribution in [0.3, 0.4) is 0 Å². The summed E-state index contributed by atoms with van der Waals surface area (Å²) in [5.74, 6) is 1.34. The monoisotopic (exact) mass is 489 g/mol. The summed E-state index contributed by atoms with van der Waals surface area (Å²) >= 11 is 0. The van der Waals surface area contributed by atoms with Gasteiger partial charge in [-0.15, -0.1) is 5.10 Å². The third-order valence-corrected chi connectivity index (χ3v) is 6.06. The number of H-pyrrole nitrogens is 1. The van der Waals surface area contributed by atoms with E-state index < -0.39 is 6.10 Å². The Bertz CT molecular complexity index is 1690. The maximum Gasteiger partial charge on any atom is 0.153 e. The molecule has 182 valence electrons. The van der Waals surface area contributed by atoms with E-state index in [0.29, 0.717) is 22.9 Å². The minimum absolute atomic E-state index is 0.648. The molecule has 0 aliphatic carbocycles. The second-order valence-electron chi connectivity index (χ2n) is 8.67. The Kier molecular flexibility index (Phi) is 5.62. The Morgan fingerprint density at radius 3 is 2.70 bits per heavy atom. The second kappa shape index (κ2) is 9.25. The average Bonchev–Trinajstić information content (AvgIpc) is 3.60. The average molecular weight is 490 g/mol. The van der Waals surface area contributed by atoms with Crippen LogP contribution in [-0.4, -0.2) is 45.0 Å². The van der Waals surface area contributed by atoms with Gasteiger partial charge in [-0.25, -0.2) is 9.97 Å². The van der Waals surface area contributed by atoms with Crippen molar-refractivity contribution in [3.8, 4) is 28.3 Å². The molecule has 6 rings (SSSR count). The van der Waals surface area contributed by atoms with Crippen molar-refractivity contribution in [2.24, 2.45) is 0 Å². The standard InChI is InChI=1S/C27H23N9O/c1-16-5-9-24(35-34-16)32-19-6-8-23-22(12-19)29-15-36(23)25-10-7-20(17(2)37)27(33-25)21-4-3-11-28-26(21)18-13-30-31-14-18/h3-15,17,37H,1-2H3,(H,30,31)(H,32,35). The molecule has 0 spiro atoms. The van der Waals surface area contributed by atoms with Gasteiger partial charge < -0.3 is 10.4 Å². The van der Waals surface area contributed by atoms with Crippen LogP contribution in [0.2, 0.25) is 0 Å². The van der Waals surface area contributed by atoms with Crippen LogP contribution in [0.5, 0.6) is 0 Å². The number of aromatic nitrogens is 8. The molecule has 1 atom stereocenters. The molecule has 5 heterocycles. The summed E-state index contributed by atoms with van der Waals surface area (Å²) in [6.45, 7) is 3.63. The SMILES string of the molecule is Cc1ccc(Nc2ccc3c(c2)ncn3-c2ccc(C(C)O)c(-c3cccnc3-c3cn[nH]c3)n2)nn1. The normalized spacial score (nSPS) is 12.1. The van der Waals surface area contributed by atoms with E-state index in [1.165, 1.54) is 0 Å². The number of benzene rings is 1. The smallest absolute Gasteiger partial charge is 0.153 e. The van der Waals surface area contributed by atoms with Crippen LogP contribution in [-0.2, 0) is 0 Å². The number of imidazole rings is 1. The fourth-order valence-electron chi connectivity index (χ4n) is 4.24. The maximum atomic E-state index is 10.5. The number of nitrogens with one attached hydrogen (secondary N) is 2. The lowest BCUT2D eigenvalue weighted by Gasteiger charge is -2.16. The third-order valence-electron chi connectivity index (χ3n) is 6.06. The lowest BCUT2D eigenvalue weighted by atomic mass is 9.99. The van der Waals surface area contributed by atoms with Gasteiger partial charge in [0.15, 0.2) is 5.82 Å². The summed E-state index contributed by atoms with van der Waals surface area (Å²) in [5.41, 5.74) is 7.13. The predicted molar refractivity (Wildman–Crippen MR) is 140 cm³/mol. The van der Waals surface area contributed by atoms with E-state index in [-0.39, 0.29) is 0 Å². The predicted octanol–water partition coefficient (Wildman–Crippen LogP) is 4.77. The Labute approximate surface area is 212 Å². The van der Waals surface area contributed by atoms with Gasteiger partial charge in [0.2, 0.25) is 0 Å². The van der Waals surface area contributed by atoms with E-state index in [4.69, 9.17) is 4.98 Å². The van der Waals surface area contributed by atoms with Crippen molar-refractivity contribution in [2.45, 2.75) is 20.0 Å². The second-order valence-corrected chi connectivity index (χ2v) is 8.67. The van der Waals surface area contributed by atoms with Crippen molar-refractivity contribution >= 4 is 22.5 Å². The number of fused-ring (bicyclic) bond motifs is 1. The molecule has 37 heavy (non-hydrogen) atoms. The lowest BCUT2D eigenvalue weighted by molar-refractivity contribution is 0.199. The number of aliphatic hydroxyl groups excluding tert-OH is 1. The molecular weight excluding hydrogens is 466 g/mol. The van der Waals surface area contributed by atoms with Gasteiger partial charge in [-0.05, 0) is 62.4 Å². The van der Waals surface area contributed by atoms with Crippen LogP contribution >= 0.6 is 0 Å². The van der Waals surface area contributed by atoms with Gasteiger partial charge in [-0.2, -0.15) is 10.2 Å². The van der Waals surface area contributed by atoms with Gasteiger partial charge in [0.05, 0.1) is 40.4 Å². The molecule has 3 N–H and O–H groups in total. The van der Waals surface area contributed by atoms with E-state index in [0.717, 1.165) is 39.2 Å². The first-order valence-electron chi connectivity index (χ1n) is 11.8. The van der Waals surface area contributed by atoms with Crippen molar-refractivity contribution < 1.29 is 5.11 Å². The summed E-state index contributed by atoms with van der Waals surface area (Å²) in [6.07, 6.45) is 6.26. The number of nitrogens with zero attached hydrogens (tertiary/aromatic N) is 7. The summed E-state index contributed by atoms with van der Waals surface area (Å²) < 4.78 is 1.92. The van der Waals surface area contributed by atoms with Crippen LogP contribution in [0, 0.1) is 6.92 Å². The van der Waals surface area contributed by atoms with E-state index >= 15 is 0 Å². The van der Waals surface area contributed by atoms with Crippen LogP contribution in [0.1, 0.15) is 24.3 Å². The molecule has 0 amide bonds.